The smallest absolute Gasteiger partial charge is 0.423 e. The summed E-state index contributed by atoms with van der Waals surface area (Å²) in [6.07, 6.45) is 0.821. The molecule has 1 saturated heterocycles. The number of piperazine rings is 1. The van der Waals surface area contributed by atoms with Crippen molar-refractivity contribution in [1.82, 2.24) is 9.88 Å². The standard InChI is InChI=1S/C29H30F3N5O5/c30-29(31,32)26-16-21(8-11-27(26)37(39)40)34-20-6-9-24(10-7-20)41-25-17-22(18-33-19-25)35-12-14-36(15-13-35)28(38)42-23-4-2-1-3-5-23/h1-5,8,11,16-20,24,34H,6-7,9-10,12-15H2/t20-,24-. The highest BCUT2D eigenvalue weighted by Crippen LogP contribution is 2.38. The predicted molar refractivity (Wildman–Crippen MR) is 149 cm³/mol. The first-order valence-corrected chi connectivity index (χ1v) is 13.7. The fourth-order valence-electron chi connectivity index (χ4n) is 5.21. The van der Waals surface area contributed by atoms with E-state index in [4.69, 9.17) is 9.47 Å². The lowest BCUT2D eigenvalue weighted by Gasteiger charge is -2.35. The first-order valence-electron chi connectivity index (χ1n) is 13.7. The van der Waals surface area contributed by atoms with E-state index in [0.717, 1.165) is 17.8 Å². The number of benzene rings is 2. The zero-order chi connectivity index (χ0) is 29.7. The van der Waals surface area contributed by atoms with Gasteiger partial charge in [0.15, 0.2) is 0 Å². The number of amides is 1. The summed E-state index contributed by atoms with van der Waals surface area (Å²) in [5.41, 5.74) is -1.15. The maximum Gasteiger partial charge on any atom is 0.423 e. The molecule has 42 heavy (non-hydrogen) atoms. The van der Waals surface area contributed by atoms with Gasteiger partial charge in [0.2, 0.25) is 0 Å². The Kier molecular flexibility index (Phi) is 8.64. The molecule has 0 bridgehead atoms. The maximum atomic E-state index is 13.3. The van der Waals surface area contributed by atoms with Crippen molar-refractivity contribution in [2.75, 3.05) is 36.4 Å². The SMILES string of the molecule is O=C(Oc1ccccc1)N1CCN(c2cncc(O[C@H]3CC[C@H](Nc4ccc([N+](=O)[O-])c(C(F)(F)F)c4)CC3)c2)CC1. The third-order valence-electron chi connectivity index (χ3n) is 7.40. The molecule has 0 atom stereocenters. The van der Waals surface area contributed by atoms with Gasteiger partial charge in [-0.05, 0) is 49.9 Å². The molecule has 13 heteroatoms. The number of hydrogen-bond donors (Lipinski definition) is 1. The second-order valence-electron chi connectivity index (χ2n) is 10.3. The van der Waals surface area contributed by atoms with E-state index in [2.05, 4.69) is 15.2 Å². The lowest BCUT2D eigenvalue weighted by Crippen LogP contribution is -2.49. The van der Waals surface area contributed by atoms with E-state index in [-0.39, 0.29) is 23.9 Å². The van der Waals surface area contributed by atoms with E-state index in [1.165, 1.54) is 6.07 Å². The van der Waals surface area contributed by atoms with Gasteiger partial charge in [0.05, 0.1) is 29.1 Å². The van der Waals surface area contributed by atoms with E-state index in [0.29, 0.717) is 63.4 Å². The summed E-state index contributed by atoms with van der Waals surface area (Å²) >= 11 is 0. The number of nitrogens with zero attached hydrogens (tertiary/aromatic N) is 4. The molecule has 0 unspecified atom stereocenters. The lowest BCUT2D eigenvalue weighted by atomic mass is 9.92. The van der Waals surface area contributed by atoms with Gasteiger partial charge in [0.1, 0.15) is 17.1 Å². The molecule has 222 valence electrons. The molecule has 5 rings (SSSR count). The molecule has 10 nitrogen and oxygen atoms in total. The van der Waals surface area contributed by atoms with Crippen LogP contribution in [0.4, 0.5) is 35.0 Å². The fraction of sp³-hybridized carbons (Fsp3) is 0.379. The Labute approximate surface area is 240 Å². The molecule has 1 N–H and O–H groups in total. The molecule has 0 spiro atoms. The van der Waals surface area contributed by atoms with Gasteiger partial charge in [0.25, 0.3) is 5.69 Å². The minimum atomic E-state index is -4.82. The molecular formula is C29H30F3N5O5. The fourth-order valence-corrected chi connectivity index (χ4v) is 5.21. The van der Waals surface area contributed by atoms with E-state index < -0.39 is 22.4 Å². The molecule has 1 aliphatic heterocycles. The van der Waals surface area contributed by atoms with Gasteiger partial charge in [-0.25, -0.2) is 4.79 Å². The number of nitro benzene ring substituents is 1. The second kappa shape index (κ2) is 12.5. The number of alkyl halides is 3. The average Bonchev–Trinajstić information content (AvgIpc) is 2.98. The van der Waals surface area contributed by atoms with Crippen LogP contribution in [-0.4, -0.2) is 59.2 Å². The van der Waals surface area contributed by atoms with Gasteiger partial charge in [-0.2, -0.15) is 13.2 Å². The number of hydrogen-bond acceptors (Lipinski definition) is 8. The Hall–Kier alpha value is -4.55. The number of halogens is 3. The summed E-state index contributed by atoms with van der Waals surface area (Å²) in [5, 5.41) is 14.1. The molecule has 0 radical (unpaired) electrons. The summed E-state index contributed by atoms with van der Waals surface area (Å²) in [5.74, 6) is 1.13. The number of anilines is 2. The summed E-state index contributed by atoms with van der Waals surface area (Å²) in [7, 11) is 0. The molecule has 3 aromatic rings. The average molecular weight is 586 g/mol. The van der Waals surface area contributed by atoms with Crippen LogP contribution in [0.15, 0.2) is 67.0 Å². The number of rotatable bonds is 7. The number of nitrogens with one attached hydrogen (secondary N) is 1. The normalized spacial score (nSPS) is 19.2. The third kappa shape index (κ3) is 7.20. The van der Waals surface area contributed by atoms with Crippen LogP contribution in [0.2, 0.25) is 0 Å². The Bertz CT molecular complexity index is 1390. The van der Waals surface area contributed by atoms with Crippen molar-refractivity contribution in [2.45, 2.75) is 44.0 Å². The van der Waals surface area contributed by atoms with Crippen molar-refractivity contribution in [3.8, 4) is 11.5 Å². The van der Waals surface area contributed by atoms with Gasteiger partial charge in [0, 0.05) is 50.0 Å². The van der Waals surface area contributed by atoms with Gasteiger partial charge >= 0.3 is 12.3 Å². The summed E-state index contributed by atoms with van der Waals surface area (Å²) in [6, 6.07) is 13.8. The quantitative estimate of drug-likeness (QED) is 0.261. The lowest BCUT2D eigenvalue weighted by molar-refractivity contribution is -0.388. The molecule has 2 fully saturated rings. The zero-order valence-corrected chi connectivity index (χ0v) is 22.6. The number of para-hydroxylation sites is 1. The van der Waals surface area contributed by atoms with E-state index in [1.807, 2.05) is 24.3 Å². The van der Waals surface area contributed by atoms with Crippen LogP contribution in [0.3, 0.4) is 0 Å². The topological polar surface area (TPSA) is 110 Å². The van der Waals surface area contributed by atoms with E-state index in [1.54, 1.807) is 29.4 Å². The number of carbonyl (C=O) groups is 1. The van der Waals surface area contributed by atoms with Crippen LogP contribution in [0, 0.1) is 10.1 Å². The molecule has 2 aromatic carbocycles. The minimum absolute atomic E-state index is 0.0766. The van der Waals surface area contributed by atoms with Crippen LogP contribution in [-0.2, 0) is 6.18 Å². The van der Waals surface area contributed by atoms with Crippen LogP contribution in [0.1, 0.15) is 31.2 Å². The Morgan fingerprint density at radius 2 is 1.67 bits per heavy atom. The summed E-state index contributed by atoms with van der Waals surface area (Å²) in [4.78, 5) is 30.6. The molecule has 1 aliphatic carbocycles. The number of aromatic nitrogens is 1. The van der Waals surface area contributed by atoms with Crippen LogP contribution >= 0.6 is 0 Å². The van der Waals surface area contributed by atoms with Crippen LogP contribution in [0.5, 0.6) is 11.5 Å². The van der Waals surface area contributed by atoms with Gasteiger partial charge in [-0.1, -0.05) is 18.2 Å². The predicted octanol–water partition coefficient (Wildman–Crippen LogP) is 6.13. The monoisotopic (exact) mass is 585 g/mol. The van der Waals surface area contributed by atoms with Crippen molar-refractivity contribution < 1.29 is 32.4 Å². The largest absolute Gasteiger partial charge is 0.489 e. The van der Waals surface area contributed by atoms with Crippen molar-refractivity contribution >= 4 is 23.2 Å². The molecule has 2 heterocycles. The highest BCUT2D eigenvalue weighted by molar-refractivity contribution is 5.71. The Morgan fingerprint density at radius 1 is 0.952 bits per heavy atom. The molecular weight excluding hydrogens is 555 g/mol. The summed E-state index contributed by atoms with van der Waals surface area (Å²) in [6.45, 7) is 2.25. The molecule has 1 amide bonds. The molecule has 1 saturated carbocycles. The molecule has 1 aromatic heterocycles. The summed E-state index contributed by atoms with van der Waals surface area (Å²) < 4.78 is 51.6. The first-order chi connectivity index (χ1) is 20.2. The number of nitro groups is 1. The number of ether oxygens (including phenoxy) is 2. The van der Waals surface area contributed by atoms with Gasteiger partial charge in [-0.3, -0.25) is 15.1 Å². The van der Waals surface area contributed by atoms with Gasteiger partial charge in [-0.15, -0.1) is 0 Å². The highest BCUT2D eigenvalue weighted by atomic mass is 19.4. The van der Waals surface area contributed by atoms with Crippen LogP contribution in [0.25, 0.3) is 0 Å². The third-order valence-corrected chi connectivity index (χ3v) is 7.40. The van der Waals surface area contributed by atoms with E-state index >= 15 is 0 Å². The Morgan fingerprint density at radius 3 is 2.33 bits per heavy atom. The molecule has 2 aliphatic rings. The highest BCUT2D eigenvalue weighted by Gasteiger charge is 2.38. The number of pyridine rings is 1. The second-order valence-corrected chi connectivity index (χ2v) is 10.3. The van der Waals surface area contributed by atoms with Gasteiger partial charge < -0.3 is 24.6 Å². The Balaban J connectivity index is 1.10. The number of carbonyl (C=O) groups excluding carboxylic acids is 1. The van der Waals surface area contributed by atoms with Crippen molar-refractivity contribution in [1.29, 1.82) is 0 Å². The van der Waals surface area contributed by atoms with Crippen LogP contribution < -0.4 is 19.7 Å². The van der Waals surface area contributed by atoms with Crippen molar-refractivity contribution in [3.63, 3.8) is 0 Å². The first kappa shape index (κ1) is 29.0. The van der Waals surface area contributed by atoms with Crippen molar-refractivity contribution in [3.05, 3.63) is 82.7 Å². The van der Waals surface area contributed by atoms with Crippen molar-refractivity contribution in [2.24, 2.45) is 0 Å². The maximum absolute atomic E-state index is 13.3. The zero-order valence-electron chi connectivity index (χ0n) is 22.6. The van der Waals surface area contributed by atoms with E-state index in [9.17, 15) is 28.1 Å². The minimum Gasteiger partial charge on any atom is -0.489 e.